The van der Waals surface area contributed by atoms with Gasteiger partial charge >= 0.3 is 5.97 Å². The largest absolute Gasteiger partial charge is 0.455 e. The van der Waals surface area contributed by atoms with E-state index in [1.165, 1.54) is 51.4 Å². The number of rotatable bonds is 26. The Hall–Kier alpha value is -1.07. The second kappa shape index (κ2) is 22.5. The molecule has 6 N–H and O–H groups in total. The van der Waals surface area contributed by atoms with Crippen molar-refractivity contribution in [3.8, 4) is 0 Å². The first-order valence-corrected chi connectivity index (χ1v) is 17.7. The molecule has 1 saturated heterocycles. The Kier molecular flexibility index (Phi) is 20.0. The van der Waals surface area contributed by atoms with Crippen LogP contribution in [0.3, 0.4) is 0 Å². The van der Waals surface area contributed by atoms with Crippen molar-refractivity contribution in [2.45, 2.75) is 204 Å². The van der Waals surface area contributed by atoms with Gasteiger partial charge in [0.1, 0.15) is 6.10 Å². The van der Waals surface area contributed by atoms with Crippen LogP contribution in [0.4, 0.5) is 0 Å². The molecule has 0 saturated carbocycles. The molecule has 2 aliphatic rings. The van der Waals surface area contributed by atoms with Gasteiger partial charge in [-0.3, -0.25) is 0 Å². The van der Waals surface area contributed by atoms with Crippen LogP contribution < -0.4 is 0 Å². The second-order valence-electron chi connectivity index (χ2n) is 13.5. The highest BCUT2D eigenvalue weighted by atomic mass is 16.5. The zero-order valence-corrected chi connectivity index (χ0v) is 27.5. The summed E-state index contributed by atoms with van der Waals surface area (Å²) >= 11 is 0. The van der Waals surface area contributed by atoms with Crippen LogP contribution in [-0.4, -0.2) is 91.5 Å². The minimum absolute atomic E-state index is 0.104. The van der Waals surface area contributed by atoms with Gasteiger partial charge in [-0.05, 0) is 77.2 Å². The monoisotopic (exact) mass is 628 g/mol. The van der Waals surface area contributed by atoms with Gasteiger partial charge in [0.05, 0.1) is 48.8 Å². The SMILES string of the molecule is CCCCCCCCCCCC[C@@H](O)[C@H]1CC[C@H]([C@H](O)CC[C@@H](O)C[C@@H](O)C[C@H](O)CCC[C@@H](O)CC2=C[C@@H](C)OC2=O)O1. The van der Waals surface area contributed by atoms with E-state index in [4.69, 9.17) is 9.47 Å². The first kappa shape index (κ1) is 39.1. The summed E-state index contributed by atoms with van der Waals surface area (Å²) in [5, 5.41) is 62.4. The van der Waals surface area contributed by atoms with E-state index in [2.05, 4.69) is 6.92 Å². The molecule has 9 nitrogen and oxygen atoms in total. The molecular weight excluding hydrogens is 564 g/mol. The molecule has 0 spiro atoms. The fourth-order valence-electron chi connectivity index (χ4n) is 6.52. The van der Waals surface area contributed by atoms with Crippen LogP contribution in [0.15, 0.2) is 11.6 Å². The van der Waals surface area contributed by atoms with Crippen LogP contribution in [0, 0.1) is 0 Å². The number of aliphatic hydroxyl groups is 6. The predicted octanol–water partition coefficient (Wildman–Crippen LogP) is 5.00. The first-order valence-electron chi connectivity index (χ1n) is 17.7. The highest BCUT2D eigenvalue weighted by molar-refractivity contribution is 5.90. The number of carbonyl (C=O) groups is 1. The summed E-state index contributed by atoms with van der Waals surface area (Å²) in [6.07, 6.45) is 13.6. The van der Waals surface area contributed by atoms with Gasteiger partial charge in [0.2, 0.25) is 0 Å². The lowest BCUT2D eigenvalue weighted by molar-refractivity contribution is -0.139. The van der Waals surface area contributed by atoms with Crippen LogP contribution in [0.1, 0.15) is 149 Å². The van der Waals surface area contributed by atoms with E-state index in [0.29, 0.717) is 44.1 Å². The highest BCUT2D eigenvalue weighted by Gasteiger charge is 2.34. The van der Waals surface area contributed by atoms with Crippen molar-refractivity contribution in [1.29, 1.82) is 0 Å². The van der Waals surface area contributed by atoms with Crippen molar-refractivity contribution in [1.82, 2.24) is 0 Å². The van der Waals surface area contributed by atoms with Gasteiger partial charge in [0, 0.05) is 12.0 Å². The van der Waals surface area contributed by atoms with Crippen molar-refractivity contribution < 1.29 is 44.9 Å². The number of esters is 1. The molecule has 2 rings (SSSR count). The quantitative estimate of drug-likeness (QED) is 0.0573. The summed E-state index contributed by atoms with van der Waals surface area (Å²) in [5.74, 6) is -0.389. The van der Waals surface area contributed by atoms with Gasteiger partial charge in [-0.1, -0.05) is 71.1 Å². The third-order valence-electron chi connectivity index (χ3n) is 9.20. The van der Waals surface area contributed by atoms with E-state index in [9.17, 15) is 35.4 Å². The Morgan fingerprint density at radius 2 is 1.18 bits per heavy atom. The van der Waals surface area contributed by atoms with Gasteiger partial charge in [0.15, 0.2) is 0 Å². The van der Waals surface area contributed by atoms with Crippen molar-refractivity contribution in [2.24, 2.45) is 0 Å². The summed E-state index contributed by atoms with van der Waals surface area (Å²) < 4.78 is 11.0. The lowest BCUT2D eigenvalue weighted by Crippen LogP contribution is -2.32. The maximum atomic E-state index is 11.7. The van der Waals surface area contributed by atoms with Crippen LogP contribution in [-0.2, 0) is 14.3 Å². The third kappa shape index (κ3) is 16.5. The highest BCUT2D eigenvalue weighted by Crippen LogP contribution is 2.29. The number of cyclic esters (lactones) is 1. The molecule has 2 heterocycles. The third-order valence-corrected chi connectivity index (χ3v) is 9.20. The lowest BCUT2D eigenvalue weighted by atomic mass is 9.96. The van der Waals surface area contributed by atoms with E-state index in [0.717, 1.165) is 25.7 Å². The number of unbranched alkanes of at least 4 members (excludes halogenated alkanes) is 9. The van der Waals surface area contributed by atoms with E-state index in [1.54, 1.807) is 13.0 Å². The minimum atomic E-state index is -0.880. The van der Waals surface area contributed by atoms with E-state index < -0.39 is 36.6 Å². The molecule has 0 amide bonds. The maximum absolute atomic E-state index is 11.7. The molecule has 1 fully saturated rings. The van der Waals surface area contributed by atoms with Gasteiger partial charge < -0.3 is 40.1 Å². The number of carbonyl (C=O) groups excluding carboxylic acids is 1. The molecule has 2 aliphatic heterocycles. The fraction of sp³-hybridized carbons (Fsp3) is 0.914. The average Bonchev–Trinajstić information content (AvgIpc) is 3.58. The normalized spacial score (nSPS) is 24.5. The summed E-state index contributed by atoms with van der Waals surface area (Å²) in [4.78, 5) is 11.7. The fourth-order valence-corrected chi connectivity index (χ4v) is 6.52. The summed E-state index contributed by atoms with van der Waals surface area (Å²) in [6.45, 7) is 4.01. The maximum Gasteiger partial charge on any atom is 0.334 e. The van der Waals surface area contributed by atoms with Crippen LogP contribution >= 0.6 is 0 Å². The number of aliphatic hydroxyl groups excluding tert-OH is 6. The lowest BCUT2D eigenvalue weighted by Gasteiger charge is -2.23. The summed E-state index contributed by atoms with van der Waals surface area (Å²) in [7, 11) is 0. The zero-order chi connectivity index (χ0) is 32.3. The molecule has 0 bridgehead atoms. The van der Waals surface area contributed by atoms with Crippen molar-refractivity contribution in [3.63, 3.8) is 0 Å². The summed E-state index contributed by atoms with van der Waals surface area (Å²) in [6, 6.07) is 0. The first-order chi connectivity index (χ1) is 21.1. The number of hydrogen-bond acceptors (Lipinski definition) is 9. The molecule has 0 aromatic carbocycles. The standard InChI is InChI=1S/C35H64O9/c1-3-4-5-6-7-8-9-10-11-12-16-31(40)33-19-20-34(44-33)32(41)18-17-29(38)24-30(39)23-28(37)15-13-14-27(36)22-26-21-25(2)43-35(26)42/h21,25,27-34,36-41H,3-20,22-24H2,1-2H3/t25-,27-,28-,29-,30+,31-,32-,33-,34-/m1/s1. The number of hydrogen-bond donors (Lipinski definition) is 6. The Labute approximate surface area is 266 Å². The van der Waals surface area contributed by atoms with Crippen molar-refractivity contribution in [3.05, 3.63) is 11.6 Å². The van der Waals surface area contributed by atoms with Crippen LogP contribution in [0.5, 0.6) is 0 Å². The molecule has 9 atom stereocenters. The van der Waals surface area contributed by atoms with Crippen LogP contribution in [0.2, 0.25) is 0 Å². The van der Waals surface area contributed by atoms with Gasteiger partial charge in [0.25, 0.3) is 0 Å². The van der Waals surface area contributed by atoms with Gasteiger partial charge in [-0.15, -0.1) is 0 Å². The van der Waals surface area contributed by atoms with Crippen LogP contribution in [0.25, 0.3) is 0 Å². The molecule has 0 unspecified atom stereocenters. The molecule has 44 heavy (non-hydrogen) atoms. The Bertz CT molecular complexity index is 790. The van der Waals surface area contributed by atoms with Gasteiger partial charge in [-0.2, -0.15) is 0 Å². The van der Waals surface area contributed by atoms with E-state index in [1.807, 2.05) is 0 Å². The Morgan fingerprint density at radius 3 is 1.75 bits per heavy atom. The number of ether oxygens (including phenoxy) is 2. The predicted molar refractivity (Wildman–Crippen MR) is 171 cm³/mol. The molecule has 0 aromatic rings. The molecular formula is C35H64O9. The summed E-state index contributed by atoms with van der Waals surface area (Å²) in [5.41, 5.74) is 0.483. The minimum Gasteiger partial charge on any atom is -0.455 e. The van der Waals surface area contributed by atoms with Gasteiger partial charge in [-0.25, -0.2) is 4.79 Å². The smallest absolute Gasteiger partial charge is 0.334 e. The van der Waals surface area contributed by atoms with E-state index >= 15 is 0 Å². The molecule has 0 aromatic heterocycles. The molecule has 9 heteroatoms. The second-order valence-corrected chi connectivity index (χ2v) is 13.5. The Balaban J connectivity index is 1.50. The van der Waals surface area contributed by atoms with E-state index in [-0.39, 0.29) is 43.5 Å². The average molecular weight is 629 g/mol. The van der Waals surface area contributed by atoms with Crippen molar-refractivity contribution >= 4 is 5.97 Å². The zero-order valence-electron chi connectivity index (χ0n) is 27.5. The molecule has 0 aliphatic carbocycles. The molecule has 0 radical (unpaired) electrons. The topological polar surface area (TPSA) is 157 Å². The molecule has 258 valence electrons. The van der Waals surface area contributed by atoms with Crippen molar-refractivity contribution in [2.75, 3.05) is 0 Å². The Morgan fingerprint density at radius 1 is 0.659 bits per heavy atom.